The van der Waals surface area contributed by atoms with Crippen molar-refractivity contribution in [3.05, 3.63) is 24.0 Å². The zero-order valence-electron chi connectivity index (χ0n) is 11.6. The number of hydrogen-bond acceptors (Lipinski definition) is 4. The van der Waals surface area contributed by atoms with Crippen LogP contribution in [-0.2, 0) is 6.54 Å². The van der Waals surface area contributed by atoms with Crippen molar-refractivity contribution in [1.82, 2.24) is 10.3 Å². The van der Waals surface area contributed by atoms with Crippen LogP contribution in [0.25, 0.3) is 0 Å². The maximum absolute atomic E-state index is 4.29. The average Bonchev–Trinajstić information content (AvgIpc) is 2.52. The highest BCUT2D eigenvalue weighted by Crippen LogP contribution is 2.32. The molecule has 0 saturated carbocycles. The van der Waals surface area contributed by atoms with Gasteiger partial charge in [-0.2, -0.15) is 11.8 Å². The molecule has 1 saturated heterocycles. The largest absolute Gasteiger partial charge is 0.369 e. The van der Waals surface area contributed by atoms with E-state index < -0.39 is 0 Å². The van der Waals surface area contributed by atoms with Crippen molar-refractivity contribution in [2.75, 3.05) is 30.8 Å². The Morgan fingerprint density at radius 3 is 3.06 bits per heavy atom. The summed E-state index contributed by atoms with van der Waals surface area (Å²) < 4.78 is 0.403. The summed E-state index contributed by atoms with van der Waals surface area (Å²) in [5, 5.41) is 3.24. The van der Waals surface area contributed by atoms with Crippen LogP contribution in [0.2, 0.25) is 0 Å². The SMILES string of the molecule is CNCc1ccncc1N1CCSC(C)(C)CC1. The maximum Gasteiger partial charge on any atom is 0.0598 e. The van der Waals surface area contributed by atoms with Gasteiger partial charge >= 0.3 is 0 Å². The molecule has 0 radical (unpaired) electrons. The molecule has 4 heteroatoms. The van der Waals surface area contributed by atoms with Crippen LogP contribution in [0, 0.1) is 0 Å². The molecular formula is C14H23N3S. The van der Waals surface area contributed by atoms with Crippen molar-refractivity contribution in [1.29, 1.82) is 0 Å². The van der Waals surface area contributed by atoms with Crippen molar-refractivity contribution >= 4 is 17.4 Å². The lowest BCUT2D eigenvalue weighted by atomic mass is 10.1. The van der Waals surface area contributed by atoms with E-state index in [9.17, 15) is 0 Å². The predicted octanol–water partition coefficient (Wildman–Crippen LogP) is 2.52. The van der Waals surface area contributed by atoms with Crippen LogP contribution in [0.3, 0.4) is 0 Å². The molecule has 0 atom stereocenters. The highest BCUT2D eigenvalue weighted by atomic mass is 32.2. The quantitative estimate of drug-likeness (QED) is 0.909. The van der Waals surface area contributed by atoms with E-state index in [1.54, 1.807) is 0 Å². The van der Waals surface area contributed by atoms with Crippen LogP contribution >= 0.6 is 11.8 Å². The first kappa shape index (κ1) is 13.7. The van der Waals surface area contributed by atoms with Crippen LogP contribution < -0.4 is 10.2 Å². The predicted molar refractivity (Wildman–Crippen MR) is 80.4 cm³/mol. The number of pyridine rings is 1. The first-order valence-electron chi connectivity index (χ1n) is 6.59. The molecule has 0 aromatic carbocycles. The molecule has 1 aromatic heterocycles. The molecule has 100 valence electrons. The monoisotopic (exact) mass is 265 g/mol. The average molecular weight is 265 g/mol. The van der Waals surface area contributed by atoms with E-state index in [4.69, 9.17) is 0 Å². The number of thioether (sulfide) groups is 1. The fourth-order valence-electron chi connectivity index (χ4n) is 2.30. The molecule has 2 rings (SSSR count). The molecular weight excluding hydrogens is 242 g/mol. The Morgan fingerprint density at radius 1 is 1.44 bits per heavy atom. The molecule has 3 nitrogen and oxygen atoms in total. The molecule has 1 aliphatic rings. The number of nitrogens with one attached hydrogen (secondary N) is 1. The summed E-state index contributed by atoms with van der Waals surface area (Å²) in [6.07, 6.45) is 5.12. The number of aromatic nitrogens is 1. The molecule has 18 heavy (non-hydrogen) atoms. The first-order valence-corrected chi connectivity index (χ1v) is 7.57. The van der Waals surface area contributed by atoms with Crippen LogP contribution in [0.15, 0.2) is 18.5 Å². The first-order chi connectivity index (χ1) is 8.62. The summed E-state index contributed by atoms with van der Waals surface area (Å²) in [6, 6.07) is 2.12. The number of rotatable bonds is 3. The van der Waals surface area contributed by atoms with Gasteiger partial charge in [0.25, 0.3) is 0 Å². The normalized spacial score (nSPS) is 19.6. The van der Waals surface area contributed by atoms with E-state index in [1.807, 2.05) is 19.4 Å². The van der Waals surface area contributed by atoms with Gasteiger partial charge in [0.05, 0.1) is 11.9 Å². The second kappa shape index (κ2) is 5.93. The van der Waals surface area contributed by atoms with Gasteiger partial charge in [-0.15, -0.1) is 0 Å². The zero-order chi connectivity index (χ0) is 13.0. The van der Waals surface area contributed by atoms with E-state index in [1.165, 1.54) is 23.4 Å². The molecule has 1 aliphatic heterocycles. The van der Waals surface area contributed by atoms with Crippen molar-refractivity contribution in [3.63, 3.8) is 0 Å². The van der Waals surface area contributed by atoms with Gasteiger partial charge < -0.3 is 10.2 Å². The zero-order valence-corrected chi connectivity index (χ0v) is 12.4. The standard InChI is InChI=1S/C14H23N3S/c1-14(2)5-7-17(8-9-18-14)13-11-16-6-4-12(13)10-15-3/h4,6,11,15H,5,7-10H2,1-3H3. The Hall–Kier alpha value is -0.740. The summed E-state index contributed by atoms with van der Waals surface area (Å²) >= 11 is 2.08. The van der Waals surface area contributed by atoms with Crippen molar-refractivity contribution < 1.29 is 0 Å². The molecule has 0 aliphatic carbocycles. The summed E-state index contributed by atoms with van der Waals surface area (Å²) in [5.74, 6) is 1.20. The molecule has 1 fully saturated rings. The lowest BCUT2D eigenvalue weighted by Gasteiger charge is -2.26. The van der Waals surface area contributed by atoms with Gasteiger partial charge in [0.1, 0.15) is 0 Å². The van der Waals surface area contributed by atoms with Crippen LogP contribution in [0.5, 0.6) is 0 Å². The molecule has 0 unspecified atom stereocenters. The second-order valence-electron chi connectivity index (χ2n) is 5.38. The number of nitrogens with zero attached hydrogens (tertiary/aromatic N) is 2. The van der Waals surface area contributed by atoms with E-state index >= 15 is 0 Å². The maximum atomic E-state index is 4.29. The lowest BCUT2D eigenvalue weighted by molar-refractivity contribution is 0.635. The van der Waals surface area contributed by atoms with Crippen molar-refractivity contribution in [2.24, 2.45) is 0 Å². The Labute approximate surface area is 114 Å². The fraction of sp³-hybridized carbons (Fsp3) is 0.643. The summed E-state index contributed by atoms with van der Waals surface area (Å²) in [5.41, 5.74) is 2.64. The van der Waals surface area contributed by atoms with Crippen LogP contribution in [0.1, 0.15) is 25.8 Å². The molecule has 0 bridgehead atoms. The number of anilines is 1. The topological polar surface area (TPSA) is 28.2 Å². The highest BCUT2D eigenvalue weighted by molar-refractivity contribution is 8.00. The van der Waals surface area contributed by atoms with Gasteiger partial charge in [-0.1, -0.05) is 13.8 Å². The van der Waals surface area contributed by atoms with E-state index in [0.717, 1.165) is 19.6 Å². The molecule has 0 spiro atoms. The van der Waals surface area contributed by atoms with Crippen LogP contribution in [0.4, 0.5) is 5.69 Å². The van der Waals surface area contributed by atoms with Gasteiger partial charge in [-0.25, -0.2) is 0 Å². The van der Waals surface area contributed by atoms with E-state index in [2.05, 4.69) is 46.9 Å². The number of hydrogen-bond donors (Lipinski definition) is 1. The molecule has 1 aromatic rings. The minimum atomic E-state index is 0.403. The van der Waals surface area contributed by atoms with Crippen molar-refractivity contribution in [2.45, 2.75) is 31.6 Å². The smallest absolute Gasteiger partial charge is 0.0598 e. The van der Waals surface area contributed by atoms with E-state index in [0.29, 0.717) is 4.75 Å². The summed E-state index contributed by atoms with van der Waals surface area (Å²) in [7, 11) is 1.99. The highest BCUT2D eigenvalue weighted by Gasteiger charge is 2.24. The fourth-order valence-corrected chi connectivity index (χ4v) is 3.40. The third-order valence-electron chi connectivity index (χ3n) is 3.43. The minimum absolute atomic E-state index is 0.403. The Kier molecular flexibility index (Phi) is 4.51. The molecule has 0 amide bonds. The Balaban J connectivity index is 2.15. The minimum Gasteiger partial charge on any atom is -0.369 e. The molecule has 2 heterocycles. The third kappa shape index (κ3) is 3.39. The van der Waals surface area contributed by atoms with Crippen LogP contribution in [-0.4, -0.2) is 35.6 Å². The molecule has 1 N–H and O–H groups in total. The second-order valence-corrected chi connectivity index (χ2v) is 7.18. The Bertz CT molecular complexity index is 392. The van der Waals surface area contributed by atoms with Gasteiger partial charge in [-0.3, -0.25) is 4.98 Å². The summed E-state index contributed by atoms with van der Waals surface area (Å²) in [6.45, 7) is 7.85. The van der Waals surface area contributed by atoms with E-state index in [-0.39, 0.29) is 0 Å². The Morgan fingerprint density at radius 2 is 2.28 bits per heavy atom. The lowest BCUT2D eigenvalue weighted by Crippen LogP contribution is -2.28. The third-order valence-corrected chi connectivity index (χ3v) is 4.81. The van der Waals surface area contributed by atoms with Gasteiger partial charge in [0.2, 0.25) is 0 Å². The van der Waals surface area contributed by atoms with Gasteiger partial charge in [0, 0.05) is 36.3 Å². The van der Waals surface area contributed by atoms with Crippen molar-refractivity contribution in [3.8, 4) is 0 Å². The summed E-state index contributed by atoms with van der Waals surface area (Å²) in [4.78, 5) is 6.78. The van der Waals surface area contributed by atoms with Gasteiger partial charge in [0.15, 0.2) is 0 Å². The van der Waals surface area contributed by atoms with Gasteiger partial charge in [-0.05, 0) is 25.1 Å².